The summed E-state index contributed by atoms with van der Waals surface area (Å²) in [4.78, 5) is 14.6. The normalized spacial score (nSPS) is 13.5. The predicted octanol–water partition coefficient (Wildman–Crippen LogP) is 3.30. The Morgan fingerprint density at radius 2 is 1.68 bits per heavy atom. The van der Waals surface area contributed by atoms with Crippen molar-refractivity contribution >= 4 is 11.6 Å². The fourth-order valence-corrected chi connectivity index (χ4v) is 2.80. The monoisotopic (exact) mass is 297 g/mol. The van der Waals surface area contributed by atoms with Crippen LogP contribution in [0, 0.1) is 0 Å². The van der Waals surface area contributed by atoms with Crippen molar-refractivity contribution in [3.63, 3.8) is 0 Å². The lowest BCUT2D eigenvalue weighted by Crippen LogP contribution is -2.35. The highest BCUT2D eigenvalue weighted by molar-refractivity contribution is 6.06. The molecule has 1 aliphatic rings. The molecule has 0 saturated carbocycles. The minimum absolute atomic E-state index is 0.0220. The van der Waals surface area contributed by atoms with E-state index in [0.29, 0.717) is 5.56 Å². The highest BCUT2D eigenvalue weighted by Gasteiger charge is 2.23. The molecule has 0 aromatic heterocycles. The average molecular weight is 297 g/mol. The largest absolute Gasteiger partial charge is 0.497 e. The number of anilines is 1. The first-order chi connectivity index (χ1) is 10.7. The molecule has 3 rings (SSSR count). The molecule has 4 nitrogen and oxygen atoms in total. The van der Waals surface area contributed by atoms with Gasteiger partial charge in [0.15, 0.2) is 0 Å². The molecule has 2 aromatic rings. The third-order valence-electron chi connectivity index (χ3n) is 3.99. The topological polar surface area (TPSA) is 38.8 Å². The molecule has 0 atom stereocenters. The van der Waals surface area contributed by atoms with Crippen LogP contribution in [0.15, 0.2) is 42.5 Å². The Bertz CT molecular complexity index is 679. The van der Waals surface area contributed by atoms with Crippen LogP contribution in [-0.4, -0.2) is 26.7 Å². The van der Waals surface area contributed by atoms with Crippen LogP contribution in [0.3, 0.4) is 0 Å². The van der Waals surface area contributed by atoms with E-state index in [9.17, 15) is 4.79 Å². The minimum atomic E-state index is 0.0220. The number of ether oxygens (including phenoxy) is 2. The SMILES string of the molecule is COc1ccc(C(=O)N2CCCc3cc(OC)ccc32)cc1. The molecule has 0 N–H and O–H groups in total. The zero-order chi connectivity index (χ0) is 15.5. The number of hydrogen-bond donors (Lipinski definition) is 0. The van der Waals surface area contributed by atoms with E-state index in [1.807, 2.05) is 35.2 Å². The predicted molar refractivity (Wildman–Crippen MR) is 86.0 cm³/mol. The molecule has 22 heavy (non-hydrogen) atoms. The molecule has 0 aliphatic carbocycles. The Morgan fingerprint density at radius 3 is 2.36 bits per heavy atom. The quantitative estimate of drug-likeness (QED) is 0.872. The van der Waals surface area contributed by atoms with Gasteiger partial charge in [-0.2, -0.15) is 0 Å². The molecule has 114 valence electrons. The first kappa shape index (κ1) is 14.4. The third-order valence-corrected chi connectivity index (χ3v) is 3.99. The van der Waals surface area contributed by atoms with Crippen molar-refractivity contribution in [1.29, 1.82) is 0 Å². The molecule has 0 saturated heterocycles. The van der Waals surface area contributed by atoms with E-state index in [1.54, 1.807) is 26.4 Å². The van der Waals surface area contributed by atoms with Gasteiger partial charge in [-0.05, 0) is 60.9 Å². The lowest BCUT2D eigenvalue weighted by atomic mass is 10.0. The van der Waals surface area contributed by atoms with Gasteiger partial charge in [0, 0.05) is 17.8 Å². The van der Waals surface area contributed by atoms with Crippen LogP contribution in [0.1, 0.15) is 22.3 Å². The van der Waals surface area contributed by atoms with Gasteiger partial charge < -0.3 is 14.4 Å². The lowest BCUT2D eigenvalue weighted by Gasteiger charge is -2.30. The maximum Gasteiger partial charge on any atom is 0.258 e. The van der Waals surface area contributed by atoms with Gasteiger partial charge in [0.05, 0.1) is 14.2 Å². The number of aryl methyl sites for hydroxylation is 1. The van der Waals surface area contributed by atoms with Gasteiger partial charge in [-0.3, -0.25) is 4.79 Å². The minimum Gasteiger partial charge on any atom is -0.497 e. The van der Waals surface area contributed by atoms with Crippen molar-refractivity contribution in [3.05, 3.63) is 53.6 Å². The summed E-state index contributed by atoms with van der Waals surface area (Å²) in [7, 11) is 3.27. The van der Waals surface area contributed by atoms with Crippen LogP contribution in [0.4, 0.5) is 5.69 Å². The highest BCUT2D eigenvalue weighted by atomic mass is 16.5. The van der Waals surface area contributed by atoms with Crippen molar-refractivity contribution in [1.82, 2.24) is 0 Å². The maximum absolute atomic E-state index is 12.8. The number of benzene rings is 2. The Hall–Kier alpha value is -2.49. The van der Waals surface area contributed by atoms with Gasteiger partial charge in [0.2, 0.25) is 0 Å². The summed E-state index contributed by atoms with van der Waals surface area (Å²) in [5.74, 6) is 1.60. The first-order valence-electron chi connectivity index (χ1n) is 7.36. The average Bonchev–Trinajstić information content (AvgIpc) is 2.60. The smallest absolute Gasteiger partial charge is 0.258 e. The molecule has 2 aromatic carbocycles. The summed E-state index contributed by atoms with van der Waals surface area (Å²) in [6.45, 7) is 0.740. The maximum atomic E-state index is 12.8. The number of fused-ring (bicyclic) bond motifs is 1. The van der Waals surface area contributed by atoms with Gasteiger partial charge in [-0.25, -0.2) is 0 Å². The second kappa shape index (κ2) is 6.10. The molecule has 0 spiro atoms. The van der Waals surface area contributed by atoms with E-state index in [1.165, 1.54) is 0 Å². The fraction of sp³-hybridized carbons (Fsp3) is 0.278. The summed E-state index contributed by atoms with van der Waals surface area (Å²) >= 11 is 0. The molecule has 0 unspecified atom stereocenters. The fourth-order valence-electron chi connectivity index (χ4n) is 2.80. The summed E-state index contributed by atoms with van der Waals surface area (Å²) in [5, 5.41) is 0. The van der Waals surface area contributed by atoms with Crippen molar-refractivity contribution in [3.8, 4) is 11.5 Å². The number of rotatable bonds is 3. The summed E-state index contributed by atoms with van der Waals surface area (Å²) in [5.41, 5.74) is 2.81. The van der Waals surface area contributed by atoms with Crippen molar-refractivity contribution < 1.29 is 14.3 Å². The van der Waals surface area contributed by atoms with Crippen LogP contribution in [0.25, 0.3) is 0 Å². The lowest BCUT2D eigenvalue weighted by molar-refractivity contribution is 0.0985. The molecular weight excluding hydrogens is 278 g/mol. The second-order valence-electron chi connectivity index (χ2n) is 5.28. The molecule has 1 heterocycles. The highest BCUT2D eigenvalue weighted by Crippen LogP contribution is 2.31. The van der Waals surface area contributed by atoms with E-state index < -0.39 is 0 Å². The van der Waals surface area contributed by atoms with Crippen molar-refractivity contribution in [2.75, 3.05) is 25.7 Å². The Balaban J connectivity index is 1.90. The zero-order valence-corrected chi connectivity index (χ0v) is 12.8. The zero-order valence-electron chi connectivity index (χ0n) is 12.8. The van der Waals surface area contributed by atoms with E-state index in [4.69, 9.17) is 9.47 Å². The van der Waals surface area contributed by atoms with Crippen LogP contribution in [0.5, 0.6) is 11.5 Å². The number of carbonyl (C=O) groups excluding carboxylic acids is 1. The van der Waals surface area contributed by atoms with E-state index >= 15 is 0 Å². The molecule has 1 amide bonds. The Morgan fingerprint density at radius 1 is 1.00 bits per heavy atom. The Kier molecular flexibility index (Phi) is 4.00. The van der Waals surface area contributed by atoms with Gasteiger partial charge in [0.1, 0.15) is 11.5 Å². The van der Waals surface area contributed by atoms with Crippen molar-refractivity contribution in [2.24, 2.45) is 0 Å². The Labute approximate surface area is 130 Å². The molecular formula is C18H19NO3. The summed E-state index contributed by atoms with van der Waals surface area (Å²) in [6, 6.07) is 13.1. The molecule has 0 fully saturated rings. The second-order valence-corrected chi connectivity index (χ2v) is 5.28. The third kappa shape index (κ3) is 2.64. The van der Waals surface area contributed by atoms with E-state index in [0.717, 1.165) is 42.1 Å². The summed E-state index contributed by atoms with van der Waals surface area (Å²) < 4.78 is 10.4. The van der Waals surface area contributed by atoms with Crippen LogP contribution >= 0.6 is 0 Å². The van der Waals surface area contributed by atoms with Crippen LogP contribution in [0.2, 0.25) is 0 Å². The van der Waals surface area contributed by atoms with Gasteiger partial charge >= 0.3 is 0 Å². The van der Waals surface area contributed by atoms with Gasteiger partial charge in [0.25, 0.3) is 5.91 Å². The van der Waals surface area contributed by atoms with E-state index in [2.05, 4.69) is 0 Å². The molecule has 1 aliphatic heterocycles. The van der Waals surface area contributed by atoms with E-state index in [-0.39, 0.29) is 5.91 Å². The van der Waals surface area contributed by atoms with Gasteiger partial charge in [-0.1, -0.05) is 0 Å². The number of methoxy groups -OCH3 is 2. The number of amides is 1. The number of carbonyl (C=O) groups is 1. The molecule has 0 radical (unpaired) electrons. The van der Waals surface area contributed by atoms with Crippen molar-refractivity contribution in [2.45, 2.75) is 12.8 Å². The molecule has 0 bridgehead atoms. The first-order valence-corrected chi connectivity index (χ1v) is 7.36. The molecule has 4 heteroatoms. The summed E-state index contributed by atoms with van der Waals surface area (Å²) in [6.07, 6.45) is 1.93. The number of nitrogens with zero attached hydrogens (tertiary/aromatic N) is 1. The van der Waals surface area contributed by atoms with Crippen LogP contribution in [-0.2, 0) is 6.42 Å². The number of hydrogen-bond acceptors (Lipinski definition) is 3. The van der Waals surface area contributed by atoms with Crippen LogP contribution < -0.4 is 14.4 Å². The standard InChI is InChI=1S/C18H19NO3/c1-21-15-7-5-13(6-8-15)18(20)19-11-3-4-14-12-16(22-2)9-10-17(14)19/h5-10,12H,3-4,11H2,1-2H3. The van der Waals surface area contributed by atoms with Gasteiger partial charge in [-0.15, -0.1) is 0 Å².